The summed E-state index contributed by atoms with van der Waals surface area (Å²) in [4.78, 5) is 9.23. The molecule has 0 bridgehead atoms. The van der Waals surface area contributed by atoms with Crippen molar-refractivity contribution in [2.45, 2.75) is 6.54 Å². The first-order chi connectivity index (χ1) is 16.7. The highest BCUT2D eigenvalue weighted by Gasteiger charge is 2.19. The zero-order valence-electron chi connectivity index (χ0n) is 18.4. The van der Waals surface area contributed by atoms with Gasteiger partial charge in [-0.25, -0.2) is 14.1 Å². The van der Waals surface area contributed by atoms with E-state index in [1.807, 2.05) is 60.7 Å². The van der Waals surface area contributed by atoms with Crippen molar-refractivity contribution in [3.05, 3.63) is 96.3 Å². The number of anilines is 2. The molecule has 5 aromatic rings. The van der Waals surface area contributed by atoms with Crippen LogP contribution in [0.5, 0.6) is 5.75 Å². The topological polar surface area (TPSA) is 90.9 Å². The van der Waals surface area contributed by atoms with E-state index in [9.17, 15) is 4.39 Å². The van der Waals surface area contributed by atoms with Crippen LogP contribution in [0.15, 0.2) is 84.9 Å². The minimum Gasteiger partial charge on any atom is -0.492 e. The summed E-state index contributed by atoms with van der Waals surface area (Å²) in [5, 5.41) is 8.40. The van der Waals surface area contributed by atoms with Crippen LogP contribution in [0.1, 0.15) is 5.56 Å². The normalized spacial score (nSPS) is 11.0. The zero-order valence-corrected chi connectivity index (χ0v) is 18.4. The van der Waals surface area contributed by atoms with Gasteiger partial charge in [0.1, 0.15) is 24.0 Å². The number of hydrogen-bond donors (Lipinski definition) is 2. The molecule has 0 amide bonds. The van der Waals surface area contributed by atoms with Crippen LogP contribution in [0.4, 0.5) is 16.2 Å². The van der Waals surface area contributed by atoms with Crippen LogP contribution in [0, 0.1) is 5.82 Å². The van der Waals surface area contributed by atoms with Gasteiger partial charge in [0.25, 0.3) is 0 Å². The molecule has 0 spiro atoms. The second kappa shape index (κ2) is 9.58. The number of aromatic nitrogens is 4. The van der Waals surface area contributed by atoms with Crippen molar-refractivity contribution in [3.8, 4) is 17.0 Å². The molecule has 0 atom stereocenters. The van der Waals surface area contributed by atoms with Crippen LogP contribution in [0.2, 0.25) is 0 Å². The molecule has 0 saturated carbocycles. The SMILES string of the molecule is Nc1c2c(-c3cccc(F)c3)nc(NCCOc3ccccc3)nc2nn1Cc1ccccc1. The fourth-order valence-corrected chi connectivity index (χ4v) is 3.70. The molecule has 2 aromatic heterocycles. The predicted molar refractivity (Wildman–Crippen MR) is 131 cm³/mol. The number of para-hydroxylation sites is 1. The van der Waals surface area contributed by atoms with Crippen LogP contribution in [0.3, 0.4) is 0 Å². The van der Waals surface area contributed by atoms with E-state index in [4.69, 9.17) is 10.5 Å². The summed E-state index contributed by atoms with van der Waals surface area (Å²) < 4.78 is 21.5. The highest BCUT2D eigenvalue weighted by molar-refractivity contribution is 5.98. The fourth-order valence-electron chi connectivity index (χ4n) is 3.70. The lowest BCUT2D eigenvalue weighted by Crippen LogP contribution is -2.13. The molecule has 34 heavy (non-hydrogen) atoms. The van der Waals surface area contributed by atoms with Crippen LogP contribution in [-0.4, -0.2) is 32.9 Å². The molecule has 8 heteroatoms. The monoisotopic (exact) mass is 454 g/mol. The molecular formula is C26H23FN6O. The largest absolute Gasteiger partial charge is 0.492 e. The fraction of sp³-hybridized carbons (Fsp3) is 0.115. The predicted octanol–water partition coefficient (Wildman–Crippen LogP) is 4.75. The summed E-state index contributed by atoms with van der Waals surface area (Å²) >= 11 is 0. The van der Waals surface area contributed by atoms with Crippen LogP contribution in [-0.2, 0) is 6.54 Å². The molecule has 7 nitrogen and oxygen atoms in total. The lowest BCUT2D eigenvalue weighted by molar-refractivity contribution is 0.332. The van der Waals surface area contributed by atoms with Gasteiger partial charge >= 0.3 is 0 Å². The lowest BCUT2D eigenvalue weighted by Gasteiger charge is -2.10. The molecule has 5 rings (SSSR count). The molecule has 0 radical (unpaired) electrons. The smallest absolute Gasteiger partial charge is 0.225 e. The maximum atomic E-state index is 14.0. The van der Waals surface area contributed by atoms with Crippen molar-refractivity contribution in [2.24, 2.45) is 0 Å². The van der Waals surface area contributed by atoms with Gasteiger partial charge < -0.3 is 15.8 Å². The summed E-state index contributed by atoms with van der Waals surface area (Å²) in [5.41, 5.74) is 9.10. The van der Waals surface area contributed by atoms with Gasteiger partial charge in [0.05, 0.1) is 24.2 Å². The molecule has 0 aliphatic carbocycles. The quantitative estimate of drug-likeness (QED) is 0.329. The van der Waals surface area contributed by atoms with E-state index in [0.29, 0.717) is 53.8 Å². The van der Waals surface area contributed by atoms with Gasteiger partial charge in [-0.1, -0.05) is 60.7 Å². The highest BCUT2D eigenvalue weighted by atomic mass is 19.1. The summed E-state index contributed by atoms with van der Waals surface area (Å²) in [7, 11) is 0. The van der Waals surface area contributed by atoms with Gasteiger partial charge in [-0.15, -0.1) is 5.10 Å². The summed E-state index contributed by atoms with van der Waals surface area (Å²) in [6.45, 7) is 1.38. The second-order valence-corrected chi connectivity index (χ2v) is 7.72. The minimum atomic E-state index is -0.356. The Morgan fingerprint density at radius 1 is 0.912 bits per heavy atom. The molecular weight excluding hydrogens is 431 g/mol. The standard InChI is InChI=1S/C26H23FN6O/c27-20-11-7-10-19(16-20)23-22-24(28)33(17-18-8-3-1-4-9-18)32-25(22)31-26(30-23)29-14-15-34-21-12-5-2-6-13-21/h1-13,16H,14-15,17,28H2,(H,29,31,32). The number of hydrogen-bond acceptors (Lipinski definition) is 6. The Morgan fingerprint density at radius 2 is 1.68 bits per heavy atom. The summed E-state index contributed by atoms with van der Waals surface area (Å²) in [6.07, 6.45) is 0. The first kappa shape index (κ1) is 21.4. The number of ether oxygens (including phenoxy) is 1. The van der Waals surface area contributed by atoms with Crippen LogP contribution < -0.4 is 15.8 Å². The third kappa shape index (κ3) is 4.66. The van der Waals surface area contributed by atoms with Gasteiger partial charge in [-0.2, -0.15) is 4.98 Å². The van der Waals surface area contributed by atoms with E-state index in [2.05, 4.69) is 20.4 Å². The number of nitrogens with zero attached hydrogens (tertiary/aromatic N) is 4. The summed E-state index contributed by atoms with van der Waals surface area (Å²) in [5.74, 6) is 1.23. The van der Waals surface area contributed by atoms with Crippen molar-refractivity contribution in [1.29, 1.82) is 0 Å². The Bertz CT molecular complexity index is 1410. The summed E-state index contributed by atoms with van der Waals surface area (Å²) in [6, 6.07) is 25.7. The maximum Gasteiger partial charge on any atom is 0.225 e. The van der Waals surface area contributed by atoms with E-state index in [1.165, 1.54) is 12.1 Å². The number of nitrogen functional groups attached to an aromatic ring is 1. The van der Waals surface area contributed by atoms with Gasteiger partial charge in [0.2, 0.25) is 5.95 Å². The third-order valence-corrected chi connectivity index (χ3v) is 5.31. The lowest BCUT2D eigenvalue weighted by atomic mass is 10.1. The van der Waals surface area contributed by atoms with E-state index >= 15 is 0 Å². The van der Waals surface area contributed by atoms with Crippen LogP contribution >= 0.6 is 0 Å². The third-order valence-electron chi connectivity index (χ3n) is 5.31. The molecule has 0 saturated heterocycles. The molecule has 0 fully saturated rings. The Labute approximate surface area is 196 Å². The van der Waals surface area contributed by atoms with Crippen molar-refractivity contribution < 1.29 is 9.13 Å². The zero-order chi connectivity index (χ0) is 23.3. The number of benzene rings is 3. The average Bonchev–Trinajstić information content (AvgIpc) is 3.17. The van der Waals surface area contributed by atoms with Crippen molar-refractivity contribution in [3.63, 3.8) is 0 Å². The second-order valence-electron chi connectivity index (χ2n) is 7.72. The van der Waals surface area contributed by atoms with Crippen molar-refractivity contribution in [2.75, 3.05) is 24.2 Å². The van der Waals surface area contributed by atoms with Crippen molar-refractivity contribution >= 4 is 22.8 Å². The average molecular weight is 455 g/mol. The maximum absolute atomic E-state index is 14.0. The van der Waals surface area contributed by atoms with Crippen molar-refractivity contribution in [1.82, 2.24) is 19.7 Å². The first-order valence-electron chi connectivity index (χ1n) is 10.9. The number of nitrogens with one attached hydrogen (secondary N) is 1. The number of nitrogens with two attached hydrogens (primary N) is 1. The Hall–Kier alpha value is -4.46. The van der Waals surface area contributed by atoms with Crippen LogP contribution in [0.25, 0.3) is 22.3 Å². The van der Waals surface area contributed by atoms with E-state index in [1.54, 1.807) is 16.8 Å². The molecule has 170 valence electrons. The van der Waals surface area contributed by atoms with Gasteiger partial charge in [0.15, 0.2) is 5.65 Å². The van der Waals surface area contributed by atoms with E-state index in [-0.39, 0.29) is 5.82 Å². The Morgan fingerprint density at radius 3 is 2.44 bits per heavy atom. The minimum absolute atomic E-state index is 0.356. The van der Waals surface area contributed by atoms with E-state index < -0.39 is 0 Å². The molecule has 0 aliphatic rings. The van der Waals surface area contributed by atoms with E-state index in [0.717, 1.165) is 11.3 Å². The van der Waals surface area contributed by atoms with Gasteiger partial charge in [0, 0.05) is 5.56 Å². The molecule has 0 aliphatic heterocycles. The molecule has 3 N–H and O–H groups in total. The van der Waals surface area contributed by atoms with Gasteiger partial charge in [-0.3, -0.25) is 0 Å². The molecule has 0 unspecified atom stereocenters. The van der Waals surface area contributed by atoms with Gasteiger partial charge in [-0.05, 0) is 29.8 Å². The molecule has 2 heterocycles. The Balaban J connectivity index is 1.47. The number of halogens is 1. The highest BCUT2D eigenvalue weighted by Crippen LogP contribution is 2.32. The number of rotatable bonds is 8. The molecule has 3 aromatic carbocycles. The number of fused-ring (bicyclic) bond motifs is 1. The Kier molecular flexibility index (Phi) is 6.03. The first-order valence-corrected chi connectivity index (χ1v) is 10.9.